The maximum atomic E-state index is 12.1. The molecule has 5 heterocycles. The van der Waals surface area contributed by atoms with Crippen LogP contribution in [0.3, 0.4) is 0 Å². The summed E-state index contributed by atoms with van der Waals surface area (Å²) in [5.74, 6) is 6.11. The zero-order valence-electron chi connectivity index (χ0n) is 74.8. The van der Waals surface area contributed by atoms with Crippen LogP contribution in [0.4, 0.5) is 47.6 Å². The number of hydrogen-bond acceptors (Lipinski definition) is 25. The number of hydrogen-bond donors (Lipinski definition) is 8. The number of rotatable bonds is 20. The first-order valence-corrected chi connectivity index (χ1v) is 44.1. The average Bonchev–Trinajstić information content (AvgIpc) is 1.63. The van der Waals surface area contributed by atoms with Crippen molar-refractivity contribution in [2.75, 3.05) is 65.1 Å². The molecule has 3 aliphatic heterocycles. The predicted molar refractivity (Wildman–Crippen MR) is 504 cm³/mol. The summed E-state index contributed by atoms with van der Waals surface area (Å²) in [6, 6.07) is 44.7. The Labute approximate surface area is 796 Å². The molecule has 10 aromatic rings. The summed E-state index contributed by atoms with van der Waals surface area (Å²) >= 11 is 9.85. The first-order chi connectivity index (χ1) is 64.8. The lowest BCUT2D eigenvalue weighted by molar-refractivity contribution is 0.0696. The van der Waals surface area contributed by atoms with Crippen LogP contribution in [-0.4, -0.2) is 175 Å². The smallest absolute Gasteiger partial charge is 0.410 e. The molecule has 18 rings (SSSR count). The van der Waals surface area contributed by atoms with Crippen LogP contribution in [-0.2, 0) is 51.1 Å². The Morgan fingerprint density at radius 1 is 0.533 bits per heavy atom. The van der Waals surface area contributed by atoms with Gasteiger partial charge in [-0.3, -0.25) is 14.7 Å². The molecular formula is C97H102Cl3N17O18. The van der Waals surface area contributed by atoms with Crippen molar-refractivity contribution < 1.29 is 86.8 Å². The predicted octanol–water partition coefficient (Wildman–Crippen LogP) is 19.7. The monoisotopic (exact) mass is 1900 g/mol. The van der Waals surface area contributed by atoms with E-state index in [1.807, 2.05) is 133 Å². The number of ether oxygens (including phenoxy) is 7. The fraction of sp³-hybridized carbons (Fsp3) is 0.351. The number of aromatic nitrogens is 4. The Kier molecular flexibility index (Phi) is 37.5. The largest absolute Gasteiger partial charge is 0.502 e. The highest BCUT2D eigenvalue weighted by Crippen LogP contribution is 2.46. The number of fused-ring (bicyclic) bond motifs is 5. The number of cyclic esters (lactones) is 3. The Bertz CT molecular complexity index is 6130. The molecule has 135 heavy (non-hydrogen) atoms. The van der Waals surface area contributed by atoms with Crippen LogP contribution >= 0.6 is 35.6 Å². The van der Waals surface area contributed by atoms with Gasteiger partial charge in [0.25, 0.3) is 11.8 Å². The summed E-state index contributed by atoms with van der Waals surface area (Å²) in [5.41, 5.74) is 28.7. The number of carbonyl (C=O) groups is 5. The zero-order valence-corrected chi connectivity index (χ0v) is 77.2. The van der Waals surface area contributed by atoms with E-state index in [-0.39, 0.29) is 110 Å². The number of nitrogens with two attached hydrogens (primary N) is 3. The lowest BCUT2D eigenvalue weighted by Crippen LogP contribution is -2.28. The van der Waals surface area contributed by atoms with Gasteiger partial charge in [-0.05, 0) is 216 Å². The molecule has 2 aromatic heterocycles. The van der Waals surface area contributed by atoms with Gasteiger partial charge in [-0.1, -0.05) is 106 Å². The van der Waals surface area contributed by atoms with Crippen LogP contribution in [0.25, 0.3) is 69.9 Å². The molecule has 8 aliphatic rings. The third-order valence-corrected chi connectivity index (χ3v) is 22.8. The first kappa shape index (κ1) is 103. The molecule has 0 saturated carbocycles. The van der Waals surface area contributed by atoms with Gasteiger partial charge >= 0.3 is 29.7 Å². The second kappa shape index (κ2) is 49.4. The third kappa shape index (κ3) is 25.3. The lowest BCUT2D eigenvalue weighted by atomic mass is 10.0. The number of alkyl halides is 1. The van der Waals surface area contributed by atoms with Crippen molar-refractivity contribution in [2.45, 2.75) is 154 Å². The van der Waals surface area contributed by atoms with Gasteiger partial charge in [0.1, 0.15) is 43.7 Å². The van der Waals surface area contributed by atoms with Crippen molar-refractivity contribution in [1.82, 2.24) is 40.3 Å². The number of amides is 3. The topological polar surface area (TPSA) is 443 Å². The summed E-state index contributed by atoms with van der Waals surface area (Å²) in [7, 11) is 0. The van der Waals surface area contributed by atoms with E-state index in [1.54, 1.807) is 39.0 Å². The summed E-state index contributed by atoms with van der Waals surface area (Å²) < 4.78 is 47.1. The van der Waals surface area contributed by atoms with Gasteiger partial charge in [0, 0.05) is 63.6 Å². The highest BCUT2D eigenvalue weighted by molar-refractivity contribution is 6.61. The average molecular weight is 1900 g/mol. The molecule has 8 aromatic carbocycles. The fourth-order valence-corrected chi connectivity index (χ4v) is 17.1. The van der Waals surface area contributed by atoms with Crippen molar-refractivity contribution in [3.63, 3.8) is 0 Å². The van der Waals surface area contributed by atoms with Gasteiger partial charge in [0.2, 0.25) is 28.7 Å². The van der Waals surface area contributed by atoms with Gasteiger partial charge in [0.15, 0.2) is 17.2 Å². The normalized spacial score (nSPS) is 16.8. The maximum absolute atomic E-state index is 12.1. The van der Waals surface area contributed by atoms with E-state index in [9.17, 15) is 24.0 Å². The molecular weight excluding hydrogens is 1800 g/mol. The van der Waals surface area contributed by atoms with Gasteiger partial charge in [-0.25, -0.2) is 54.1 Å². The van der Waals surface area contributed by atoms with Crippen molar-refractivity contribution in [2.24, 2.45) is 22.5 Å². The number of carboxylic acid groups (broad SMARTS) is 1. The molecule has 5 aliphatic carbocycles. The number of aliphatic hydroxyl groups is 1. The number of carboxylic acids is 1. The van der Waals surface area contributed by atoms with Crippen LogP contribution in [0.2, 0.25) is 0 Å². The number of amidine groups is 1. The number of carbonyl (C=O) groups excluding carboxylic acids is 4. The number of oxime groups is 1. The van der Waals surface area contributed by atoms with E-state index in [2.05, 4.69) is 77.7 Å². The number of aromatic carboxylic acids is 1. The molecule has 0 radical (unpaired) electrons. The lowest BCUT2D eigenvalue weighted by Gasteiger charge is -2.22. The van der Waals surface area contributed by atoms with Gasteiger partial charge in [0.05, 0.1) is 101 Å². The number of halogens is 3. The van der Waals surface area contributed by atoms with E-state index in [0.29, 0.717) is 115 Å². The highest BCUT2D eigenvalue weighted by atomic mass is 35.5. The molecule has 704 valence electrons. The van der Waals surface area contributed by atoms with Gasteiger partial charge < -0.3 is 79.6 Å². The zero-order chi connectivity index (χ0) is 96.2. The van der Waals surface area contributed by atoms with E-state index in [4.69, 9.17) is 126 Å². The molecule has 3 amide bonds. The Morgan fingerprint density at radius 3 is 1.35 bits per heavy atom. The minimum Gasteiger partial charge on any atom is -0.502 e. The minimum atomic E-state index is -1.05. The summed E-state index contributed by atoms with van der Waals surface area (Å²) in [5, 5.41) is 48.0. The first-order valence-electron chi connectivity index (χ1n) is 43.1. The van der Waals surface area contributed by atoms with E-state index in [1.165, 1.54) is 40.5 Å². The van der Waals surface area contributed by atoms with Crippen LogP contribution in [0.15, 0.2) is 160 Å². The highest BCUT2D eigenvalue weighted by Gasteiger charge is 2.40. The van der Waals surface area contributed by atoms with Crippen molar-refractivity contribution in [1.29, 1.82) is 0 Å². The van der Waals surface area contributed by atoms with Gasteiger partial charge in [-0.15, -0.1) is 24.0 Å². The Morgan fingerprint density at radius 2 is 0.926 bits per heavy atom. The molecule has 38 heteroatoms. The van der Waals surface area contributed by atoms with E-state index >= 15 is 0 Å². The summed E-state index contributed by atoms with van der Waals surface area (Å²) in [4.78, 5) is 87.5. The Balaban J connectivity index is 0.000000169. The molecule has 0 unspecified atom stereocenters. The standard InChI is InChI=1S/C24H22N4O4.C23H24N4O3.C13H15N3O3.C13H12N2O2.C11H11NO3.C10H10N2.C3H4Cl2O2.ClH.H3NO/c1-14(2)31-21-10-7-15(13-19(21)25-3)23-26-22(27-32-23)18-6-4-5-17-16(18)8-9-20(17)28-11-12-30-24(28)29;1-14(2)29-21-10-7-15(13-20(21)24-3)23-26-22(27-30-23)18-6-4-5-17-16(18)8-9-19(17)25-11-12-28;14-12(15-18)10-3-1-2-9-8(10)4-5-11(9)16-6-7-19-13(16)17;1-14-11-4-2-3-10-9(11)5-6-12(10)15-7-8-17-13(15)16;1-7(2)15-10-5-4-8(11(13)14)6-9(10)12-3;1-12-10-4-2-3-7-8(10)5-6-9(7)11;4-1-2-7-3(5)6;;1-2/h4-7,10,13-14,20H,8-9,11-12H2,1-2H3;4-7,10,13-14,19,25,28H,8-9,11-12H2,1-2H3;1-3,11,18H,4-7H2,(H2,14,15);2-4,12H,5-8H2;4-7H,1-2H3,(H,13,14);2-4,9H,5-6,11H2;1-2H2;1H;2H,1H2/t20-;19-;11-;12-;;9-;;;/m0000.0.../s1. The molecule has 11 N–H and O–H groups in total. The molecule has 3 saturated heterocycles. The summed E-state index contributed by atoms with van der Waals surface area (Å²) in [6.45, 7) is 51.4. The Hall–Kier alpha value is -14.4. The molecule has 5 atom stereocenters. The van der Waals surface area contributed by atoms with Crippen LogP contribution in [0.1, 0.15) is 175 Å². The molecule has 35 nitrogen and oxygen atoms in total. The van der Waals surface area contributed by atoms with Gasteiger partial charge in [-0.2, -0.15) is 9.97 Å². The molecule has 0 spiro atoms. The van der Waals surface area contributed by atoms with Crippen LogP contribution in [0, 0.1) is 32.9 Å². The second-order valence-corrected chi connectivity index (χ2v) is 32.5. The van der Waals surface area contributed by atoms with E-state index in [0.717, 1.165) is 126 Å². The number of benzene rings is 8. The fourth-order valence-electron chi connectivity index (χ4n) is 16.9. The maximum Gasteiger partial charge on any atom is 0.410 e. The van der Waals surface area contributed by atoms with E-state index < -0.39 is 11.4 Å². The van der Waals surface area contributed by atoms with Crippen molar-refractivity contribution in [3.8, 4) is 62.9 Å². The quantitative estimate of drug-likeness (QED) is 0.00513. The van der Waals surface area contributed by atoms with Crippen LogP contribution in [0.5, 0.6) is 17.2 Å². The number of aliphatic hydroxyl groups excluding tert-OH is 1. The second-order valence-electron chi connectivity index (χ2n) is 31.8. The summed E-state index contributed by atoms with van der Waals surface area (Å²) in [6.07, 6.45) is 8.15. The van der Waals surface area contributed by atoms with Crippen molar-refractivity contribution in [3.05, 3.63) is 269 Å². The molecule has 0 bridgehead atoms. The number of nitrogens with one attached hydrogen (secondary N) is 1. The minimum absolute atomic E-state index is 0. The SMILES string of the molecule is Cl.NC(=NO)c1cccc2c1CC[C@@H]2N1CCOC1=O.NO.O=C(Cl)OCCCl.[C-]#[N+]c1cc(-c2nc(-c3cccc4c3CC[C@@H]4N3CCOC3=O)no2)ccc1OC(C)C.[C-]#[N+]c1cc(-c2nc(-c3cccc4c3CC[C@@H]4NCCO)no2)ccc1OC(C)C.[C-]#[N+]c1cc(C(=O)O)ccc1OC(C)C.[C-]#[N+]c1cccc2c1CC[C@@H]2N.[C-]#[N+]c1cccc2c1CC[C@@H]2N1CCOC1=O. The van der Waals surface area contributed by atoms with Crippen molar-refractivity contribution >= 4 is 99.6 Å². The third-order valence-electron chi connectivity index (χ3n) is 22.6. The van der Waals surface area contributed by atoms with Crippen LogP contribution < -0.4 is 36.9 Å². The number of nitrogens with zero attached hydrogens (tertiary/aromatic N) is 13. The molecule has 3 fully saturated rings.